The zero-order valence-corrected chi connectivity index (χ0v) is 39.1. The van der Waals surface area contributed by atoms with Crippen LogP contribution in [0.3, 0.4) is 0 Å². The predicted molar refractivity (Wildman–Crippen MR) is 274 cm³/mol. The molecule has 14 nitrogen and oxygen atoms in total. The van der Waals surface area contributed by atoms with Gasteiger partial charge < -0.3 is 41.7 Å². The molecule has 69 heavy (non-hydrogen) atoms. The second-order valence-corrected chi connectivity index (χ2v) is 17.7. The van der Waals surface area contributed by atoms with E-state index in [0.717, 1.165) is 83.0 Å². The number of carbonyl (C=O) groups is 4. The molecule has 0 bridgehead atoms. The SMILES string of the molecule is Cc1cc(C(=O)CCCO)[nH]c1/C=C1\C(=O)Nc2ccc(-c3csc(-c4ccccc4)n3)cc21.Cc1cc(C(=O)O)[nH]c1/C=C1\C(=O)Nc2ccc(-c3csc(-c4ccccc4)n3)cc21.NCCO. The van der Waals surface area contributed by atoms with E-state index in [-0.39, 0.29) is 42.9 Å². The Morgan fingerprint density at radius 2 is 1.07 bits per heavy atom. The molecule has 0 saturated carbocycles. The van der Waals surface area contributed by atoms with Gasteiger partial charge in [0.05, 0.1) is 34.8 Å². The number of anilines is 2. The highest BCUT2D eigenvalue weighted by Gasteiger charge is 2.27. The Morgan fingerprint density at radius 1 is 0.623 bits per heavy atom. The Balaban J connectivity index is 0.000000173. The van der Waals surface area contributed by atoms with E-state index in [0.29, 0.717) is 35.5 Å². The Morgan fingerprint density at radius 3 is 1.49 bits per heavy atom. The molecule has 2 aliphatic rings. The highest BCUT2D eigenvalue weighted by Crippen LogP contribution is 2.39. The first-order valence-corrected chi connectivity index (χ1v) is 23.7. The molecule has 0 fully saturated rings. The number of rotatable bonds is 12. The molecule has 4 aromatic heterocycles. The number of benzene rings is 4. The van der Waals surface area contributed by atoms with Gasteiger partial charge in [0.25, 0.3) is 11.8 Å². The number of aryl methyl sites for hydroxylation is 2. The molecule has 0 radical (unpaired) electrons. The van der Waals surface area contributed by atoms with Gasteiger partial charge in [-0.25, -0.2) is 14.8 Å². The molecule has 0 unspecified atom stereocenters. The monoisotopic (exact) mass is 957 g/mol. The van der Waals surface area contributed by atoms with Gasteiger partial charge in [0.2, 0.25) is 0 Å². The van der Waals surface area contributed by atoms with E-state index in [9.17, 15) is 24.3 Å². The van der Waals surface area contributed by atoms with Crippen LogP contribution >= 0.6 is 22.7 Å². The Hall–Kier alpha value is -7.86. The number of nitrogens with two attached hydrogens (primary N) is 1. The minimum atomic E-state index is -1.04. The number of aromatic nitrogens is 4. The number of nitrogens with zero attached hydrogens (tertiary/aromatic N) is 2. The van der Waals surface area contributed by atoms with Gasteiger partial charge in [0.1, 0.15) is 15.7 Å². The predicted octanol–water partition coefficient (Wildman–Crippen LogP) is 9.80. The fourth-order valence-corrected chi connectivity index (χ4v) is 9.27. The van der Waals surface area contributed by atoms with E-state index < -0.39 is 5.97 Å². The van der Waals surface area contributed by atoms with Crippen LogP contribution in [0.4, 0.5) is 11.4 Å². The number of Topliss-reactive ketones (excluding diaryl/α,β-unsaturated/α-hetero) is 1. The normalized spacial score (nSPS) is 13.5. The zero-order valence-electron chi connectivity index (χ0n) is 37.5. The van der Waals surface area contributed by atoms with Crippen molar-refractivity contribution in [1.82, 2.24) is 19.9 Å². The highest BCUT2D eigenvalue weighted by atomic mass is 32.1. The molecule has 8 aromatic rings. The van der Waals surface area contributed by atoms with Crippen molar-refractivity contribution in [3.05, 3.63) is 165 Å². The van der Waals surface area contributed by atoms with Crippen LogP contribution in [-0.4, -0.2) is 78.6 Å². The van der Waals surface area contributed by atoms with Crippen molar-refractivity contribution in [2.24, 2.45) is 5.73 Å². The quantitative estimate of drug-likeness (QED) is 0.0426. The van der Waals surface area contributed by atoms with Crippen molar-refractivity contribution in [2.45, 2.75) is 26.7 Å². The molecule has 9 N–H and O–H groups in total. The fourth-order valence-electron chi connectivity index (χ4n) is 7.60. The number of aliphatic hydroxyl groups excluding tert-OH is 2. The highest BCUT2D eigenvalue weighted by molar-refractivity contribution is 7.13. The minimum absolute atomic E-state index is 0.0204. The first-order chi connectivity index (χ1) is 33.4. The van der Waals surface area contributed by atoms with Gasteiger partial charge in [0, 0.05) is 86.5 Å². The van der Waals surface area contributed by atoms with E-state index in [1.165, 1.54) is 0 Å². The molecule has 0 aliphatic carbocycles. The number of carboxylic acids is 1. The van der Waals surface area contributed by atoms with Gasteiger partial charge >= 0.3 is 5.97 Å². The van der Waals surface area contributed by atoms with Crippen LogP contribution in [0.2, 0.25) is 0 Å². The Labute approximate surface area is 405 Å². The van der Waals surface area contributed by atoms with Crippen molar-refractivity contribution in [2.75, 3.05) is 30.4 Å². The van der Waals surface area contributed by atoms with Crippen molar-refractivity contribution in [3.63, 3.8) is 0 Å². The number of fused-ring (bicyclic) bond motifs is 2. The van der Waals surface area contributed by atoms with Crippen LogP contribution in [0.25, 0.3) is 67.0 Å². The lowest BCUT2D eigenvalue weighted by Gasteiger charge is -2.03. The molecular formula is C53H47N7O7S2. The number of aromatic carboxylic acids is 1. The second-order valence-electron chi connectivity index (χ2n) is 16.0. The van der Waals surface area contributed by atoms with Crippen LogP contribution in [0.15, 0.2) is 120 Å². The number of carboxylic acid groups (broad SMARTS) is 1. The summed E-state index contributed by atoms with van der Waals surface area (Å²) in [4.78, 5) is 64.5. The molecule has 2 amide bonds. The lowest BCUT2D eigenvalue weighted by molar-refractivity contribution is -0.111. The lowest BCUT2D eigenvalue weighted by Crippen LogP contribution is -2.04. The molecule has 0 atom stereocenters. The van der Waals surface area contributed by atoms with Crippen molar-refractivity contribution in [3.8, 4) is 43.7 Å². The van der Waals surface area contributed by atoms with Crippen LogP contribution in [-0.2, 0) is 9.59 Å². The van der Waals surface area contributed by atoms with Crippen LogP contribution in [0.5, 0.6) is 0 Å². The van der Waals surface area contributed by atoms with Gasteiger partial charge in [-0.2, -0.15) is 0 Å². The summed E-state index contributed by atoms with van der Waals surface area (Å²) in [7, 11) is 0. The summed E-state index contributed by atoms with van der Waals surface area (Å²) in [5.41, 5.74) is 18.1. The lowest BCUT2D eigenvalue weighted by atomic mass is 10.0. The number of thiazole rings is 2. The number of ketones is 1. The number of carbonyl (C=O) groups excluding carboxylic acids is 3. The van der Waals surface area contributed by atoms with E-state index in [1.807, 2.05) is 115 Å². The summed E-state index contributed by atoms with van der Waals surface area (Å²) in [5.74, 6) is -1.50. The van der Waals surface area contributed by atoms with Gasteiger partial charge in [-0.15, -0.1) is 22.7 Å². The number of aromatic amines is 2. The average molecular weight is 958 g/mol. The maximum atomic E-state index is 12.8. The number of aliphatic hydroxyl groups is 2. The zero-order chi connectivity index (χ0) is 48.6. The molecule has 4 aromatic carbocycles. The maximum Gasteiger partial charge on any atom is 0.352 e. The second kappa shape index (κ2) is 21.4. The third-order valence-corrected chi connectivity index (χ3v) is 12.9. The summed E-state index contributed by atoms with van der Waals surface area (Å²) in [5, 5.41) is 37.6. The Bertz CT molecular complexity index is 3250. The van der Waals surface area contributed by atoms with Gasteiger partial charge in [-0.05, 0) is 79.9 Å². The van der Waals surface area contributed by atoms with Gasteiger partial charge in [0.15, 0.2) is 5.78 Å². The first kappa shape index (κ1) is 47.6. The number of nitrogens with one attached hydrogen (secondary N) is 4. The molecule has 0 spiro atoms. The van der Waals surface area contributed by atoms with Crippen LogP contribution in [0, 0.1) is 13.8 Å². The maximum absolute atomic E-state index is 12.8. The summed E-state index contributed by atoms with van der Waals surface area (Å²) in [6.45, 7) is 4.16. The molecule has 16 heteroatoms. The molecule has 2 aliphatic heterocycles. The largest absolute Gasteiger partial charge is 0.477 e. The summed E-state index contributed by atoms with van der Waals surface area (Å²) in [6.07, 6.45) is 4.19. The van der Waals surface area contributed by atoms with Crippen molar-refractivity contribution in [1.29, 1.82) is 0 Å². The summed E-state index contributed by atoms with van der Waals surface area (Å²) < 4.78 is 0. The topological polar surface area (TPSA) is 236 Å². The first-order valence-electron chi connectivity index (χ1n) is 21.9. The third kappa shape index (κ3) is 10.8. The standard InChI is InChI=1S/C27H23N3O3S.C24H17N3O3S.C2H7NO/c1-16-12-23(25(32)8-5-11-31)28-22(16)14-20-19-13-18(9-10-21(19)29-26(20)33)24-15-34-27(30-24)17-6-3-2-4-7-17;1-13-9-20(24(29)30)25-19(13)11-17-16-10-15(7-8-18(16)26-22(17)28)21-12-31-23(27-21)14-5-3-2-4-6-14;3-1-2-4/h2-4,6-7,9-10,12-15,28,31H,5,8,11H2,1H3,(H,29,33);2-12,25H,1H3,(H,26,28)(H,29,30);4H,1-3H2/b20-14-;17-11-;. The minimum Gasteiger partial charge on any atom is -0.477 e. The Kier molecular flexibility index (Phi) is 14.8. The fraction of sp³-hybridized carbons (Fsp3) is 0.132. The van der Waals surface area contributed by atoms with E-state index >= 15 is 0 Å². The molecular weight excluding hydrogens is 911 g/mol. The van der Waals surface area contributed by atoms with Crippen LogP contribution in [0.1, 0.15) is 67.5 Å². The number of H-pyrrole nitrogens is 2. The van der Waals surface area contributed by atoms with Crippen LogP contribution < -0.4 is 16.4 Å². The molecule has 6 heterocycles. The molecule has 0 saturated heterocycles. The van der Waals surface area contributed by atoms with E-state index in [2.05, 4.69) is 20.6 Å². The van der Waals surface area contributed by atoms with Gasteiger partial charge in [-0.1, -0.05) is 72.8 Å². The van der Waals surface area contributed by atoms with E-state index in [1.54, 1.807) is 53.9 Å². The smallest absolute Gasteiger partial charge is 0.352 e. The number of amides is 2. The van der Waals surface area contributed by atoms with Gasteiger partial charge in [-0.3, -0.25) is 14.4 Å². The summed E-state index contributed by atoms with van der Waals surface area (Å²) >= 11 is 3.16. The summed E-state index contributed by atoms with van der Waals surface area (Å²) in [6, 6.07) is 35.0. The van der Waals surface area contributed by atoms with E-state index in [4.69, 9.17) is 25.9 Å². The average Bonchev–Trinajstić information content (AvgIpc) is 4.25. The van der Waals surface area contributed by atoms with Crippen molar-refractivity contribution < 1.29 is 34.5 Å². The number of hydrogen-bond acceptors (Lipinski definition) is 11. The molecule has 348 valence electrons. The van der Waals surface area contributed by atoms with Crippen molar-refractivity contribution >= 4 is 80.9 Å². The molecule has 10 rings (SSSR count). The third-order valence-electron chi connectivity index (χ3n) is 11.2. The number of hydrogen-bond donors (Lipinski definition) is 8.